The highest BCUT2D eigenvalue weighted by Crippen LogP contribution is 2.45. The van der Waals surface area contributed by atoms with Crippen LogP contribution >= 0.6 is 11.6 Å². The van der Waals surface area contributed by atoms with Crippen LogP contribution in [-0.4, -0.2) is 71.6 Å². The fourth-order valence-electron chi connectivity index (χ4n) is 8.53. The van der Waals surface area contributed by atoms with Gasteiger partial charge in [0.25, 0.3) is 5.91 Å². The first-order chi connectivity index (χ1) is 21.5. The van der Waals surface area contributed by atoms with Crippen LogP contribution in [0.4, 0.5) is 0 Å². The van der Waals surface area contributed by atoms with Crippen molar-refractivity contribution in [2.45, 2.75) is 75.4 Å². The van der Waals surface area contributed by atoms with Gasteiger partial charge in [-0.3, -0.25) is 9.69 Å². The summed E-state index contributed by atoms with van der Waals surface area (Å²) in [5.74, 6) is 1.10. The zero-order chi connectivity index (χ0) is 29.8. The maximum Gasteiger partial charge on any atom is 0.274 e. The number of fused-ring (bicyclic) bond motifs is 4. The quantitative estimate of drug-likeness (QED) is 0.221. The van der Waals surface area contributed by atoms with E-state index >= 15 is 0 Å². The highest BCUT2D eigenvalue weighted by Gasteiger charge is 2.44. The van der Waals surface area contributed by atoms with Crippen molar-refractivity contribution < 1.29 is 4.79 Å². The molecule has 0 saturated carbocycles. The molecule has 226 valence electrons. The normalized spacial score (nSPS) is 23.5. The number of halogens is 1. The summed E-state index contributed by atoms with van der Waals surface area (Å²) in [7, 11) is 0. The first-order valence-electron chi connectivity index (χ1n) is 16.0. The van der Waals surface area contributed by atoms with E-state index in [0.29, 0.717) is 34.6 Å². The summed E-state index contributed by atoms with van der Waals surface area (Å²) >= 11 is 6.05. The first kappa shape index (κ1) is 27.8. The summed E-state index contributed by atoms with van der Waals surface area (Å²) in [4.78, 5) is 27.7. The van der Waals surface area contributed by atoms with E-state index in [0.717, 1.165) is 50.2 Å². The minimum atomic E-state index is -0.0317. The van der Waals surface area contributed by atoms with Gasteiger partial charge in [0.1, 0.15) is 16.7 Å². The number of piperidine rings is 2. The molecule has 9 heteroatoms. The summed E-state index contributed by atoms with van der Waals surface area (Å²) in [6, 6.07) is 24.8. The molecule has 3 aromatic heterocycles. The number of benzene rings is 2. The van der Waals surface area contributed by atoms with Crippen molar-refractivity contribution in [2.75, 3.05) is 19.6 Å². The summed E-state index contributed by atoms with van der Waals surface area (Å²) < 4.78 is 4.10. The van der Waals surface area contributed by atoms with Gasteiger partial charge in [-0.2, -0.15) is 5.10 Å². The lowest BCUT2D eigenvalue weighted by Gasteiger charge is -2.45. The van der Waals surface area contributed by atoms with Gasteiger partial charge in [-0.15, -0.1) is 0 Å². The highest BCUT2D eigenvalue weighted by atomic mass is 35.5. The van der Waals surface area contributed by atoms with Gasteiger partial charge >= 0.3 is 0 Å². The molecule has 8 rings (SSSR count). The van der Waals surface area contributed by atoms with E-state index in [9.17, 15) is 4.79 Å². The molecule has 2 bridgehead atoms. The number of aromatic nitrogens is 5. The molecule has 2 atom stereocenters. The third-order valence-electron chi connectivity index (χ3n) is 10.7. The van der Waals surface area contributed by atoms with Crippen molar-refractivity contribution in [2.24, 2.45) is 0 Å². The Balaban J connectivity index is 0.978. The number of hydrogen-bond acceptors (Lipinski definition) is 5. The molecule has 3 fully saturated rings. The maximum atomic E-state index is 13.5. The number of nitrogens with zero attached hydrogens (tertiary/aromatic N) is 7. The van der Waals surface area contributed by atoms with Crippen LogP contribution in [0.15, 0.2) is 72.9 Å². The number of rotatable bonds is 6. The Labute approximate surface area is 262 Å². The number of hydrogen-bond donors (Lipinski definition) is 0. The van der Waals surface area contributed by atoms with E-state index in [1.165, 1.54) is 36.8 Å². The van der Waals surface area contributed by atoms with Crippen molar-refractivity contribution in [3.8, 4) is 0 Å². The lowest BCUT2D eigenvalue weighted by atomic mass is 9.70. The number of carbonyl (C=O) groups is 1. The van der Waals surface area contributed by atoms with Crippen molar-refractivity contribution in [3.05, 3.63) is 95.2 Å². The van der Waals surface area contributed by atoms with Crippen LogP contribution in [0.3, 0.4) is 0 Å². The highest BCUT2D eigenvalue weighted by molar-refractivity contribution is 6.29. The fraction of sp³-hybridized carbons (Fsp3) is 0.429. The number of imidazole rings is 2. The second-order valence-corrected chi connectivity index (χ2v) is 13.4. The van der Waals surface area contributed by atoms with E-state index in [2.05, 4.69) is 81.1 Å². The molecule has 2 unspecified atom stereocenters. The molecule has 5 aromatic rings. The molecule has 0 N–H and O–H groups in total. The Morgan fingerprint density at radius 1 is 0.909 bits per heavy atom. The number of amides is 1. The number of aryl methyl sites for hydroxylation is 1. The molecule has 1 amide bonds. The molecule has 0 radical (unpaired) electrons. The Morgan fingerprint density at radius 2 is 1.64 bits per heavy atom. The van der Waals surface area contributed by atoms with Crippen molar-refractivity contribution in [1.29, 1.82) is 0 Å². The molecule has 0 aliphatic carbocycles. The molecular formula is C35H38ClN7O. The second-order valence-electron chi connectivity index (χ2n) is 13.0. The molecule has 6 heterocycles. The number of para-hydroxylation sites is 2. The van der Waals surface area contributed by atoms with Crippen molar-refractivity contribution in [1.82, 2.24) is 33.9 Å². The predicted octanol–water partition coefficient (Wildman–Crippen LogP) is 6.47. The molecule has 3 aliphatic rings. The van der Waals surface area contributed by atoms with Crippen LogP contribution in [0.1, 0.15) is 72.9 Å². The summed E-state index contributed by atoms with van der Waals surface area (Å²) in [5, 5.41) is 4.63. The fourth-order valence-corrected chi connectivity index (χ4v) is 8.67. The molecule has 0 spiro atoms. The minimum absolute atomic E-state index is 0.0317. The van der Waals surface area contributed by atoms with E-state index in [-0.39, 0.29) is 11.3 Å². The SMILES string of the molecule is Cc1nc2ccccc2n1C1CC2CCC(C1)N2CCC1(c2ccccc2)CCN(C(=O)c2cn3nc(Cl)ccc3n2)CC1. The van der Waals surface area contributed by atoms with Crippen LogP contribution in [-0.2, 0) is 5.41 Å². The standard InChI is InChI=1S/C35H38ClN7O/c1-24-37-29-9-5-6-10-31(29)43(24)28-21-26-11-12-27(22-28)41(26)20-17-35(25-7-3-2-4-8-25)15-18-40(19-16-35)34(44)30-23-42-33(38-30)14-13-32(36)39-42/h2-10,13-14,23,26-28H,11-12,15-22H2,1H3. The van der Waals surface area contributed by atoms with Crippen LogP contribution < -0.4 is 0 Å². The lowest BCUT2D eigenvalue weighted by Crippen LogP contribution is -2.49. The predicted molar refractivity (Wildman–Crippen MR) is 172 cm³/mol. The van der Waals surface area contributed by atoms with Gasteiger partial charge < -0.3 is 9.47 Å². The molecule has 3 aliphatic heterocycles. The summed E-state index contributed by atoms with van der Waals surface area (Å²) in [5.41, 5.74) is 4.89. The smallest absolute Gasteiger partial charge is 0.274 e. The number of likely N-dealkylation sites (tertiary alicyclic amines) is 1. The Morgan fingerprint density at radius 3 is 2.41 bits per heavy atom. The van der Waals surface area contributed by atoms with Crippen LogP contribution in [0.2, 0.25) is 5.15 Å². The second kappa shape index (κ2) is 11.0. The van der Waals surface area contributed by atoms with Crippen molar-refractivity contribution in [3.63, 3.8) is 0 Å². The monoisotopic (exact) mass is 607 g/mol. The lowest BCUT2D eigenvalue weighted by molar-refractivity contribution is 0.0602. The van der Waals surface area contributed by atoms with Gasteiger partial charge in [0.15, 0.2) is 5.65 Å². The zero-order valence-electron chi connectivity index (χ0n) is 25.1. The topological polar surface area (TPSA) is 71.6 Å². The van der Waals surface area contributed by atoms with Crippen LogP contribution in [0.5, 0.6) is 0 Å². The molecule has 8 nitrogen and oxygen atoms in total. The van der Waals surface area contributed by atoms with Crippen LogP contribution in [0, 0.1) is 6.92 Å². The average molecular weight is 608 g/mol. The maximum absolute atomic E-state index is 13.5. The Kier molecular flexibility index (Phi) is 6.94. The Hall–Kier alpha value is -3.75. The van der Waals surface area contributed by atoms with Gasteiger partial charge in [0.05, 0.1) is 17.2 Å². The molecule has 3 saturated heterocycles. The van der Waals surface area contributed by atoms with Gasteiger partial charge in [0.2, 0.25) is 0 Å². The van der Waals surface area contributed by atoms with Gasteiger partial charge in [0, 0.05) is 31.2 Å². The van der Waals surface area contributed by atoms with Crippen LogP contribution in [0.25, 0.3) is 16.7 Å². The minimum Gasteiger partial charge on any atom is -0.337 e. The Bertz CT molecular complexity index is 1810. The van der Waals surface area contributed by atoms with E-state index < -0.39 is 0 Å². The average Bonchev–Trinajstić information content (AvgIpc) is 3.69. The van der Waals surface area contributed by atoms with E-state index in [1.54, 1.807) is 22.8 Å². The third kappa shape index (κ3) is 4.79. The zero-order valence-corrected chi connectivity index (χ0v) is 25.9. The molecular weight excluding hydrogens is 570 g/mol. The van der Waals surface area contributed by atoms with E-state index in [1.807, 2.05) is 4.90 Å². The molecule has 44 heavy (non-hydrogen) atoms. The third-order valence-corrected chi connectivity index (χ3v) is 10.9. The van der Waals surface area contributed by atoms with E-state index in [4.69, 9.17) is 16.6 Å². The van der Waals surface area contributed by atoms with Gasteiger partial charge in [-0.25, -0.2) is 14.5 Å². The largest absolute Gasteiger partial charge is 0.337 e. The molecule has 2 aromatic carbocycles. The number of carbonyl (C=O) groups excluding carboxylic acids is 1. The summed E-state index contributed by atoms with van der Waals surface area (Å²) in [6.45, 7) is 4.71. The van der Waals surface area contributed by atoms with Crippen molar-refractivity contribution >= 4 is 34.2 Å². The van der Waals surface area contributed by atoms with Gasteiger partial charge in [-0.05, 0) is 93.7 Å². The summed E-state index contributed by atoms with van der Waals surface area (Å²) in [6.07, 6.45) is 9.66. The first-order valence-corrected chi connectivity index (χ1v) is 16.4. The van der Waals surface area contributed by atoms with Gasteiger partial charge in [-0.1, -0.05) is 54.1 Å².